The molecule has 1 atom stereocenters. The fourth-order valence-electron chi connectivity index (χ4n) is 1.38. The zero-order valence-electron chi connectivity index (χ0n) is 11.2. The summed E-state index contributed by atoms with van der Waals surface area (Å²) in [4.78, 5) is 22.0. The zero-order chi connectivity index (χ0) is 13.5. The minimum atomic E-state index is -0.841. The van der Waals surface area contributed by atoms with Crippen LogP contribution in [0.1, 0.15) is 47.0 Å². The van der Waals surface area contributed by atoms with E-state index in [9.17, 15) is 9.59 Å². The number of nitrogens with one attached hydrogen (secondary N) is 2. The normalized spacial score (nSPS) is 12.9. The molecule has 0 aromatic rings. The van der Waals surface area contributed by atoms with Crippen LogP contribution >= 0.6 is 0 Å². The van der Waals surface area contributed by atoms with Crippen LogP contribution in [0.4, 0.5) is 4.79 Å². The van der Waals surface area contributed by atoms with E-state index >= 15 is 0 Å². The van der Waals surface area contributed by atoms with Crippen molar-refractivity contribution in [2.45, 2.75) is 52.5 Å². The molecular weight excluding hydrogens is 220 g/mol. The summed E-state index contributed by atoms with van der Waals surface area (Å²) in [5, 5.41) is 14.2. The van der Waals surface area contributed by atoms with Gasteiger partial charge in [-0.3, -0.25) is 4.79 Å². The van der Waals surface area contributed by atoms with Crippen LogP contribution in [0.5, 0.6) is 0 Å². The minimum absolute atomic E-state index is 0.0623. The van der Waals surface area contributed by atoms with Crippen LogP contribution in [0.25, 0.3) is 0 Å². The summed E-state index contributed by atoms with van der Waals surface area (Å²) in [5.74, 6) is -0.903. The van der Waals surface area contributed by atoms with E-state index in [0.29, 0.717) is 6.54 Å². The Morgan fingerprint density at radius 2 is 1.82 bits per heavy atom. The summed E-state index contributed by atoms with van der Waals surface area (Å²) in [6, 6.07) is -0.228. The molecule has 17 heavy (non-hydrogen) atoms. The molecular formula is C12H24N2O3. The first kappa shape index (κ1) is 15.7. The van der Waals surface area contributed by atoms with E-state index in [1.165, 1.54) is 0 Å². The van der Waals surface area contributed by atoms with Crippen LogP contribution < -0.4 is 10.6 Å². The molecule has 0 aliphatic carbocycles. The molecule has 2 amide bonds. The fraction of sp³-hybridized carbons (Fsp3) is 0.833. The first-order chi connectivity index (χ1) is 7.83. The van der Waals surface area contributed by atoms with Crippen LogP contribution in [-0.4, -0.2) is 29.2 Å². The van der Waals surface area contributed by atoms with Gasteiger partial charge in [0.15, 0.2) is 0 Å². The number of urea groups is 1. The van der Waals surface area contributed by atoms with Crippen molar-refractivity contribution in [3.63, 3.8) is 0 Å². The fourth-order valence-corrected chi connectivity index (χ4v) is 1.38. The van der Waals surface area contributed by atoms with Crippen molar-refractivity contribution < 1.29 is 14.7 Å². The second-order valence-corrected chi connectivity index (χ2v) is 4.81. The average Bonchev–Trinajstić information content (AvgIpc) is 2.25. The van der Waals surface area contributed by atoms with Gasteiger partial charge in [-0.05, 0) is 25.7 Å². The Bertz CT molecular complexity index is 262. The Kier molecular flexibility index (Phi) is 6.61. The van der Waals surface area contributed by atoms with E-state index in [4.69, 9.17) is 5.11 Å². The molecule has 0 spiro atoms. The maximum atomic E-state index is 11.6. The molecule has 5 nitrogen and oxygen atoms in total. The Hall–Kier alpha value is -1.26. The quantitative estimate of drug-likeness (QED) is 0.640. The Labute approximate surface area is 103 Å². The summed E-state index contributed by atoms with van der Waals surface area (Å²) < 4.78 is 0. The third-order valence-electron chi connectivity index (χ3n) is 3.11. The van der Waals surface area contributed by atoms with E-state index in [-0.39, 0.29) is 23.9 Å². The first-order valence-electron chi connectivity index (χ1n) is 6.10. The molecule has 1 unspecified atom stereocenters. The lowest BCUT2D eigenvalue weighted by Crippen LogP contribution is -2.50. The third-order valence-corrected chi connectivity index (χ3v) is 3.11. The van der Waals surface area contributed by atoms with Gasteiger partial charge in [0.2, 0.25) is 0 Å². The number of carbonyl (C=O) groups is 2. The molecule has 5 heteroatoms. The van der Waals surface area contributed by atoms with Crippen LogP contribution in [-0.2, 0) is 4.79 Å². The summed E-state index contributed by atoms with van der Waals surface area (Å²) in [6.45, 7) is 8.22. The predicted molar refractivity (Wildman–Crippen MR) is 66.9 cm³/mol. The van der Waals surface area contributed by atoms with E-state index in [1.54, 1.807) is 6.92 Å². The van der Waals surface area contributed by atoms with Gasteiger partial charge < -0.3 is 15.7 Å². The van der Waals surface area contributed by atoms with Crippen molar-refractivity contribution in [2.24, 2.45) is 5.92 Å². The Balaban J connectivity index is 3.98. The number of carbonyl (C=O) groups excluding carboxylic acids is 1. The van der Waals surface area contributed by atoms with Gasteiger partial charge in [-0.2, -0.15) is 0 Å². The van der Waals surface area contributed by atoms with Crippen molar-refractivity contribution in [3.05, 3.63) is 0 Å². The number of hydrogen-bond acceptors (Lipinski definition) is 2. The molecule has 0 bridgehead atoms. The van der Waals surface area contributed by atoms with Crippen LogP contribution in [0.15, 0.2) is 0 Å². The van der Waals surface area contributed by atoms with Crippen molar-refractivity contribution in [1.82, 2.24) is 10.6 Å². The highest BCUT2D eigenvalue weighted by molar-refractivity contribution is 5.74. The predicted octanol–water partition coefficient (Wildman–Crippen LogP) is 1.98. The van der Waals surface area contributed by atoms with Crippen molar-refractivity contribution >= 4 is 12.0 Å². The molecule has 3 N–H and O–H groups in total. The zero-order valence-corrected chi connectivity index (χ0v) is 11.2. The maximum Gasteiger partial charge on any atom is 0.315 e. The SMILES string of the molecule is CCC(C)(CC)NC(=O)NCC(C)CC(=O)O. The molecule has 0 saturated carbocycles. The molecule has 100 valence electrons. The molecule has 0 fully saturated rings. The monoisotopic (exact) mass is 244 g/mol. The topological polar surface area (TPSA) is 78.4 Å². The number of hydrogen-bond donors (Lipinski definition) is 3. The standard InChI is InChI=1S/C12H24N2O3/c1-5-12(4,6-2)14-11(17)13-8-9(3)7-10(15)16/h9H,5-8H2,1-4H3,(H,15,16)(H2,13,14,17). The summed E-state index contributed by atoms with van der Waals surface area (Å²) in [7, 11) is 0. The molecule has 0 aromatic heterocycles. The smallest absolute Gasteiger partial charge is 0.315 e. The lowest BCUT2D eigenvalue weighted by atomic mass is 9.96. The van der Waals surface area contributed by atoms with Gasteiger partial charge >= 0.3 is 12.0 Å². The van der Waals surface area contributed by atoms with Crippen molar-refractivity contribution in [3.8, 4) is 0 Å². The summed E-state index contributed by atoms with van der Waals surface area (Å²) >= 11 is 0. The van der Waals surface area contributed by atoms with E-state index in [2.05, 4.69) is 10.6 Å². The molecule has 0 aliphatic heterocycles. The van der Waals surface area contributed by atoms with Crippen molar-refractivity contribution in [1.29, 1.82) is 0 Å². The Morgan fingerprint density at radius 3 is 2.24 bits per heavy atom. The van der Waals surface area contributed by atoms with Crippen LogP contribution in [0.3, 0.4) is 0 Å². The Morgan fingerprint density at radius 1 is 1.29 bits per heavy atom. The van der Waals surface area contributed by atoms with Gasteiger partial charge in [0.05, 0.1) is 0 Å². The van der Waals surface area contributed by atoms with Gasteiger partial charge in [-0.15, -0.1) is 0 Å². The molecule has 0 aromatic carbocycles. The van der Waals surface area contributed by atoms with E-state index in [0.717, 1.165) is 12.8 Å². The van der Waals surface area contributed by atoms with Crippen LogP contribution in [0, 0.1) is 5.92 Å². The highest BCUT2D eigenvalue weighted by atomic mass is 16.4. The lowest BCUT2D eigenvalue weighted by Gasteiger charge is -2.28. The highest BCUT2D eigenvalue weighted by Crippen LogP contribution is 2.12. The summed E-state index contributed by atoms with van der Waals surface area (Å²) in [6.07, 6.45) is 1.79. The average molecular weight is 244 g/mol. The minimum Gasteiger partial charge on any atom is -0.481 e. The maximum absolute atomic E-state index is 11.6. The lowest BCUT2D eigenvalue weighted by molar-refractivity contribution is -0.137. The number of aliphatic carboxylic acids is 1. The third kappa shape index (κ3) is 6.81. The van der Waals surface area contributed by atoms with Gasteiger partial charge in [-0.25, -0.2) is 4.79 Å². The van der Waals surface area contributed by atoms with Gasteiger partial charge in [0, 0.05) is 18.5 Å². The second-order valence-electron chi connectivity index (χ2n) is 4.81. The largest absolute Gasteiger partial charge is 0.481 e. The first-order valence-corrected chi connectivity index (χ1v) is 6.10. The summed E-state index contributed by atoms with van der Waals surface area (Å²) in [5.41, 5.74) is -0.194. The molecule has 0 saturated heterocycles. The van der Waals surface area contributed by atoms with Gasteiger partial charge in [-0.1, -0.05) is 20.8 Å². The number of amides is 2. The van der Waals surface area contributed by atoms with E-state index in [1.807, 2.05) is 20.8 Å². The number of rotatable bonds is 7. The van der Waals surface area contributed by atoms with Crippen LogP contribution in [0.2, 0.25) is 0 Å². The van der Waals surface area contributed by atoms with Crippen molar-refractivity contribution in [2.75, 3.05) is 6.54 Å². The number of carboxylic acid groups (broad SMARTS) is 1. The van der Waals surface area contributed by atoms with Gasteiger partial charge in [0.1, 0.15) is 0 Å². The molecule has 0 radical (unpaired) electrons. The molecule has 0 aliphatic rings. The second kappa shape index (κ2) is 7.14. The van der Waals surface area contributed by atoms with Gasteiger partial charge in [0.25, 0.3) is 0 Å². The molecule has 0 rings (SSSR count). The highest BCUT2D eigenvalue weighted by Gasteiger charge is 2.21. The number of carboxylic acids is 1. The molecule has 0 heterocycles. The van der Waals surface area contributed by atoms with E-state index < -0.39 is 5.97 Å².